The maximum atomic E-state index is 11.9. The molecule has 2 fully saturated rings. The maximum Gasteiger partial charge on any atom is 0.134 e. The van der Waals surface area contributed by atoms with E-state index in [2.05, 4.69) is 42.2 Å². The third-order valence-corrected chi connectivity index (χ3v) is 4.93. The number of likely N-dealkylation sites (tertiary alicyclic amines) is 1. The Balaban J connectivity index is 1.75. The number of ketones is 1. The minimum Gasteiger partial charge on any atom is -0.300 e. The van der Waals surface area contributed by atoms with E-state index in [0.29, 0.717) is 23.7 Å². The second-order valence-electron chi connectivity index (χ2n) is 6.18. The first-order valence-corrected chi connectivity index (χ1v) is 7.56. The van der Waals surface area contributed by atoms with Crippen LogP contribution in [0.25, 0.3) is 0 Å². The second kappa shape index (κ2) is 5.46. The van der Waals surface area contributed by atoms with Crippen LogP contribution < -0.4 is 0 Å². The highest BCUT2D eigenvalue weighted by molar-refractivity contribution is 5.80. The van der Waals surface area contributed by atoms with Gasteiger partial charge in [-0.25, -0.2) is 0 Å². The van der Waals surface area contributed by atoms with Crippen LogP contribution >= 0.6 is 0 Å². The molecule has 1 aromatic rings. The molecule has 19 heavy (non-hydrogen) atoms. The molecule has 2 nitrogen and oxygen atoms in total. The Morgan fingerprint density at radius 1 is 1.21 bits per heavy atom. The van der Waals surface area contributed by atoms with Crippen molar-refractivity contribution < 1.29 is 4.79 Å². The second-order valence-corrected chi connectivity index (χ2v) is 6.18. The molecule has 0 aromatic heterocycles. The molecule has 1 aromatic carbocycles. The molecule has 0 N–H and O–H groups in total. The average molecular weight is 257 g/mol. The molecule has 1 aliphatic carbocycles. The summed E-state index contributed by atoms with van der Waals surface area (Å²) in [6.07, 6.45) is 4.06. The third kappa shape index (κ3) is 2.74. The molecule has 0 amide bonds. The summed E-state index contributed by atoms with van der Waals surface area (Å²) in [4.78, 5) is 14.5. The van der Waals surface area contributed by atoms with Gasteiger partial charge in [0.15, 0.2) is 0 Å². The Morgan fingerprint density at radius 3 is 2.74 bits per heavy atom. The fourth-order valence-electron chi connectivity index (χ4n) is 3.87. The summed E-state index contributed by atoms with van der Waals surface area (Å²) in [7, 11) is 0. The van der Waals surface area contributed by atoms with E-state index in [0.717, 1.165) is 19.4 Å². The minimum absolute atomic E-state index is 0.484. The number of carbonyl (C=O) groups excluding carboxylic acids is 1. The van der Waals surface area contributed by atoms with Gasteiger partial charge in [0.05, 0.1) is 0 Å². The van der Waals surface area contributed by atoms with E-state index in [1.54, 1.807) is 0 Å². The first kappa shape index (κ1) is 12.9. The van der Waals surface area contributed by atoms with Crippen LogP contribution in [0, 0.1) is 11.8 Å². The molecule has 2 aliphatic rings. The number of hydrogen-bond donors (Lipinski definition) is 0. The fourth-order valence-corrected chi connectivity index (χ4v) is 3.87. The number of Topliss-reactive ketones (excluding diaryl/α,β-unsaturated/α-hetero) is 1. The van der Waals surface area contributed by atoms with Gasteiger partial charge in [-0.15, -0.1) is 0 Å². The first-order chi connectivity index (χ1) is 9.26. The average Bonchev–Trinajstić information content (AvgIpc) is 2.43. The molecule has 1 saturated heterocycles. The predicted octanol–water partition coefficient (Wildman–Crippen LogP) is 3.27. The summed E-state index contributed by atoms with van der Waals surface area (Å²) in [5.41, 5.74) is 1.37. The lowest BCUT2D eigenvalue weighted by atomic mass is 9.72. The molecular formula is C17H23NO. The number of nitrogens with zero attached hydrogens (tertiary/aromatic N) is 1. The van der Waals surface area contributed by atoms with Gasteiger partial charge in [-0.1, -0.05) is 43.7 Å². The zero-order valence-corrected chi connectivity index (χ0v) is 11.7. The lowest BCUT2D eigenvalue weighted by molar-refractivity contribution is -0.127. The standard InChI is InChI=1S/C17H23NO/c1-2-14-12-18(11-13-6-4-3-5-7-13)16-8-15(14)9-17(19)10-16/h3-7,14-16H,2,8-12H2,1H3/t14-,15+,16+/m1/s1. The molecule has 102 valence electrons. The smallest absolute Gasteiger partial charge is 0.134 e. The number of benzene rings is 1. The van der Waals surface area contributed by atoms with E-state index in [-0.39, 0.29) is 0 Å². The maximum absolute atomic E-state index is 11.9. The van der Waals surface area contributed by atoms with Crippen LogP contribution in [0.15, 0.2) is 30.3 Å². The summed E-state index contributed by atoms with van der Waals surface area (Å²) in [6.45, 7) is 4.45. The number of carbonyl (C=O) groups is 1. The highest BCUT2D eigenvalue weighted by Crippen LogP contribution is 2.38. The minimum atomic E-state index is 0.484. The quantitative estimate of drug-likeness (QED) is 0.828. The monoisotopic (exact) mass is 257 g/mol. The van der Waals surface area contributed by atoms with Crippen molar-refractivity contribution in [1.29, 1.82) is 0 Å². The third-order valence-electron chi connectivity index (χ3n) is 4.93. The van der Waals surface area contributed by atoms with Crippen LogP contribution in [-0.4, -0.2) is 23.3 Å². The van der Waals surface area contributed by atoms with Gasteiger partial charge in [0, 0.05) is 32.0 Å². The lowest BCUT2D eigenvalue weighted by Gasteiger charge is -2.47. The van der Waals surface area contributed by atoms with Gasteiger partial charge in [-0.05, 0) is 23.8 Å². The van der Waals surface area contributed by atoms with Gasteiger partial charge in [0.25, 0.3) is 0 Å². The van der Waals surface area contributed by atoms with Crippen molar-refractivity contribution >= 4 is 5.78 Å². The Morgan fingerprint density at radius 2 is 2.00 bits per heavy atom. The summed E-state index contributed by atoms with van der Waals surface area (Å²) < 4.78 is 0. The van der Waals surface area contributed by atoms with Gasteiger partial charge in [-0.2, -0.15) is 0 Å². The number of fused-ring (bicyclic) bond motifs is 2. The molecular weight excluding hydrogens is 234 g/mol. The molecule has 1 aliphatic heterocycles. The van der Waals surface area contributed by atoms with E-state index in [9.17, 15) is 4.79 Å². The molecule has 1 heterocycles. The van der Waals surface area contributed by atoms with E-state index in [1.165, 1.54) is 24.9 Å². The Kier molecular flexibility index (Phi) is 3.69. The largest absolute Gasteiger partial charge is 0.300 e. The summed E-state index contributed by atoms with van der Waals surface area (Å²) >= 11 is 0. The van der Waals surface area contributed by atoms with Crippen LogP contribution in [0.5, 0.6) is 0 Å². The molecule has 3 rings (SSSR count). The zero-order chi connectivity index (χ0) is 13.2. The van der Waals surface area contributed by atoms with Gasteiger partial charge in [0.1, 0.15) is 5.78 Å². The van der Waals surface area contributed by atoms with Crippen molar-refractivity contribution in [3.05, 3.63) is 35.9 Å². The van der Waals surface area contributed by atoms with E-state index >= 15 is 0 Å². The van der Waals surface area contributed by atoms with E-state index in [4.69, 9.17) is 0 Å². The molecule has 0 unspecified atom stereocenters. The predicted molar refractivity (Wildman–Crippen MR) is 76.8 cm³/mol. The number of piperidine rings is 1. The van der Waals surface area contributed by atoms with Crippen molar-refractivity contribution in [3.63, 3.8) is 0 Å². The van der Waals surface area contributed by atoms with Gasteiger partial charge >= 0.3 is 0 Å². The van der Waals surface area contributed by atoms with Crippen molar-refractivity contribution in [1.82, 2.24) is 4.90 Å². The van der Waals surface area contributed by atoms with Crippen molar-refractivity contribution in [2.45, 2.75) is 45.2 Å². The zero-order valence-electron chi connectivity index (χ0n) is 11.7. The molecule has 0 radical (unpaired) electrons. The Bertz CT molecular complexity index is 442. The first-order valence-electron chi connectivity index (χ1n) is 7.56. The van der Waals surface area contributed by atoms with Crippen LogP contribution in [0.2, 0.25) is 0 Å². The summed E-state index contributed by atoms with van der Waals surface area (Å²) in [5, 5.41) is 0. The van der Waals surface area contributed by atoms with Crippen LogP contribution in [0.4, 0.5) is 0 Å². The Labute approximate surface area is 115 Å². The molecule has 1 saturated carbocycles. The SMILES string of the molecule is CC[C@@H]1CN(Cc2ccccc2)[C@@H]2CC(=O)C[C@@H]1C2. The van der Waals surface area contributed by atoms with Gasteiger partial charge in [0.2, 0.25) is 0 Å². The van der Waals surface area contributed by atoms with Crippen LogP contribution in [0.1, 0.15) is 38.2 Å². The highest BCUT2D eigenvalue weighted by atomic mass is 16.1. The van der Waals surface area contributed by atoms with E-state index in [1.807, 2.05) is 0 Å². The number of hydrogen-bond acceptors (Lipinski definition) is 2. The van der Waals surface area contributed by atoms with Crippen LogP contribution in [-0.2, 0) is 11.3 Å². The molecule has 2 heteroatoms. The van der Waals surface area contributed by atoms with Gasteiger partial charge in [-0.3, -0.25) is 9.69 Å². The summed E-state index contributed by atoms with van der Waals surface area (Å²) in [6, 6.07) is 11.1. The fraction of sp³-hybridized carbons (Fsp3) is 0.588. The summed E-state index contributed by atoms with van der Waals surface area (Å²) in [5.74, 6) is 1.85. The van der Waals surface area contributed by atoms with Gasteiger partial charge < -0.3 is 0 Å². The number of rotatable bonds is 3. The van der Waals surface area contributed by atoms with Crippen molar-refractivity contribution in [2.24, 2.45) is 11.8 Å². The topological polar surface area (TPSA) is 20.3 Å². The van der Waals surface area contributed by atoms with Crippen molar-refractivity contribution in [2.75, 3.05) is 6.54 Å². The van der Waals surface area contributed by atoms with Crippen molar-refractivity contribution in [3.8, 4) is 0 Å². The highest BCUT2D eigenvalue weighted by Gasteiger charge is 2.39. The normalized spacial score (nSPS) is 31.4. The van der Waals surface area contributed by atoms with E-state index < -0.39 is 0 Å². The lowest BCUT2D eigenvalue weighted by Crippen LogP contribution is -2.50. The molecule has 0 spiro atoms. The van der Waals surface area contributed by atoms with Crippen LogP contribution in [0.3, 0.4) is 0 Å². The Hall–Kier alpha value is -1.15. The molecule has 3 atom stereocenters. The molecule has 2 bridgehead atoms.